The number of nitrogens with one attached hydrogen (secondary N) is 2. The third kappa shape index (κ3) is 5.15. The highest BCUT2D eigenvalue weighted by Gasteiger charge is 2.26. The first-order valence-corrected chi connectivity index (χ1v) is 12.9. The fourth-order valence-corrected chi connectivity index (χ4v) is 4.90. The number of nitrogen functional groups attached to an aromatic ring is 1. The predicted molar refractivity (Wildman–Crippen MR) is 149 cm³/mol. The Kier molecular flexibility index (Phi) is 6.73. The number of hydrogen-bond acceptors (Lipinski definition) is 7. The minimum absolute atomic E-state index is 0.117. The van der Waals surface area contributed by atoms with E-state index >= 15 is 4.39 Å². The summed E-state index contributed by atoms with van der Waals surface area (Å²) < 4.78 is 26.2. The Hall–Kier alpha value is -4.99. The number of ether oxygens (including phenoxy) is 2. The number of rotatable bonds is 7. The normalized spacial score (nSPS) is 14.4. The number of aromatic nitrogens is 4. The fourth-order valence-electron chi connectivity index (χ4n) is 4.90. The Morgan fingerprint density at radius 1 is 1.15 bits per heavy atom. The molecule has 1 aliphatic heterocycles. The number of halogens is 1. The first-order chi connectivity index (χ1) is 19.5. The van der Waals surface area contributed by atoms with Crippen molar-refractivity contribution in [2.24, 2.45) is 0 Å². The Morgan fingerprint density at radius 2 is 2.00 bits per heavy atom. The average Bonchev–Trinajstić information content (AvgIpc) is 3.42. The number of nitrogens with zero attached hydrogens (tertiary/aromatic N) is 3. The summed E-state index contributed by atoms with van der Waals surface area (Å²) in [5.74, 6) is 1.52. The maximum absolute atomic E-state index is 15.0. The highest BCUT2D eigenvalue weighted by molar-refractivity contribution is 5.94. The molecule has 0 saturated carbocycles. The summed E-state index contributed by atoms with van der Waals surface area (Å²) in [5.41, 5.74) is 10.2. The summed E-state index contributed by atoms with van der Waals surface area (Å²) >= 11 is 0. The van der Waals surface area contributed by atoms with Gasteiger partial charge in [0.25, 0.3) is 5.91 Å². The van der Waals surface area contributed by atoms with Crippen LogP contribution in [-0.4, -0.2) is 46.1 Å². The van der Waals surface area contributed by atoms with Crippen molar-refractivity contribution in [2.75, 3.05) is 26.0 Å². The molecule has 1 amide bonds. The SMILES string of the molecule is COc1ccc(CCNC(=O)c2ccc3c(c2)CC(c2nc4c(F)cc(-c5ccnc(N)n5)cc4[nH]2)CO3)cc1. The summed E-state index contributed by atoms with van der Waals surface area (Å²) in [5, 5.41) is 2.98. The molecule has 1 atom stereocenters. The average molecular weight is 539 g/mol. The minimum Gasteiger partial charge on any atom is -0.497 e. The van der Waals surface area contributed by atoms with Gasteiger partial charge in [-0.1, -0.05) is 12.1 Å². The molecule has 0 spiro atoms. The Labute approximate surface area is 229 Å². The van der Waals surface area contributed by atoms with E-state index < -0.39 is 5.82 Å². The molecule has 1 aliphatic rings. The van der Waals surface area contributed by atoms with E-state index in [9.17, 15) is 4.79 Å². The highest BCUT2D eigenvalue weighted by Crippen LogP contribution is 2.34. The molecule has 6 rings (SSSR count). The van der Waals surface area contributed by atoms with Gasteiger partial charge in [-0.3, -0.25) is 4.79 Å². The fraction of sp³-hybridized carbons (Fsp3) is 0.200. The van der Waals surface area contributed by atoms with Crippen molar-refractivity contribution < 1.29 is 18.7 Å². The Balaban J connectivity index is 1.16. The largest absolute Gasteiger partial charge is 0.497 e. The van der Waals surface area contributed by atoms with Crippen molar-refractivity contribution in [1.82, 2.24) is 25.3 Å². The number of anilines is 1. The van der Waals surface area contributed by atoms with Crippen LogP contribution < -0.4 is 20.5 Å². The molecule has 40 heavy (non-hydrogen) atoms. The first kappa shape index (κ1) is 25.3. The number of carbonyl (C=O) groups is 1. The molecule has 4 N–H and O–H groups in total. The van der Waals surface area contributed by atoms with E-state index in [1.165, 1.54) is 12.3 Å². The molecule has 0 saturated heterocycles. The van der Waals surface area contributed by atoms with Gasteiger partial charge in [0.15, 0.2) is 5.82 Å². The van der Waals surface area contributed by atoms with Crippen molar-refractivity contribution in [1.29, 1.82) is 0 Å². The number of H-pyrrole nitrogens is 1. The van der Waals surface area contributed by atoms with E-state index in [4.69, 9.17) is 15.2 Å². The molecular weight excluding hydrogens is 511 g/mol. The van der Waals surface area contributed by atoms with Crippen LogP contribution in [0.2, 0.25) is 0 Å². The number of amides is 1. The van der Waals surface area contributed by atoms with Gasteiger partial charge in [-0.25, -0.2) is 19.3 Å². The van der Waals surface area contributed by atoms with Crippen molar-refractivity contribution >= 4 is 22.9 Å². The maximum Gasteiger partial charge on any atom is 0.251 e. The van der Waals surface area contributed by atoms with E-state index in [2.05, 4.69) is 25.3 Å². The van der Waals surface area contributed by atoms with Crippen LogP contribution in [0, 0.1) is 5.82 Å². The van der Waals surface area contributed by atoms with Crippen molar-refractivity contribution in [2.45, 2.75) is 18.8 Å². The van der Waals surface area contributed by atoms with Crippen LogP contribution in [0.5, 0.6) is 11.5 Å². The van der Waals surface area contributed by atoms with E-state index in [1.54, 1.807) is 25.3 Å². The lowest BCUT2D eigenvalue weighted by molar-refractivity contribution is 0.0954. The number of methoxy groups -OCH3 is 1. The lowest BCUT2D eigenvalue weighted by Crippen LogP contribution is -2.26. The smallest absolute Gasteiger partial charge is 0.251 e. The second-order valence-electron chi connectivity index (χ2n) is 9.66. The summed E-state index contributed by atoms with van der Waals surface area (Å²) in [4.78, 5) is 28.7. The number of imidazole rings is 1. The summed E-state index contributed by atoms with van der Waals surface area (Å²) in [6, 6.07) is 18.1. The molecule has 0 fully saturated rings. The molecule has 1 unspecified atom stereocenters. The van der Waals surface area contributed by atoms with Gasteiger partial charge in [0.2, 0.25) is 5.95 Å². The van der Waals surface area contributed by atoms with Gasteiger partial charge in [-0.2, -0.15) is 0 Å². The summed E-state index contributed by atoms with van der Waals surface area (Å²) in [6.45, 7) is 0.895. The molecule has 10 heteroatoms. The zero-order valence-electron chi connectivity index (χ0n) is 21.8. The maximum atomic E-state index is 15.0. The van der Waals surface area contributed by atoms with Crippen LogP contribution >= 0.6 is 0 Å². The second kappa shape index (κ2) is 10.6. The molecule has 0 aliphatic carbocycles. The monoisotopic (exact) mass is 538 g/mol. The highest BCUT2D eigenvalue weighted by atomic mass is 19.1. The topological polar surface area (TPSA) is 128 Å². The van der Waals surface area contributed by atoms with Crippen LogP contribution in [0.15, 0.2) is 66.9 Å². The number of hydrogen-bond donors (Lipinski definition) is 3. The Morgan fingerprint density at radius 3 is 2.80 bits per heavy atom. The third-order valence-electron chi connectivity index (χ3n) is 7.00. The van der Waals surface area contributed by atoms with Gasteiger partial charge in [-0.15, -0.1) is 0 Å². The molecule has 202 valence electrons. The number of aromatic amines is 1. The second-order valence-corrected chi connectivity index (χ2v) is 9.66. The zero-order chi connectivity index (χ0) is 27.6. The number of benzene rings is 3. The minimum atomic E-state index is -0.460. The van der Waals surface area contributed by atoms with Crippen LogP contribution in [0.3, 0.4) is 0 Å². The predicted octanol–water partition coefficient (Wildman–Crippen LogP) is 4.44. The number of nitrogens with two attached hydrogens (primary N) is 1. The molecule has 9 nitrogen and oxygen atoms in total. The van der Waals surface area contributed by atoms with Crippen LogP contribution in [0.1, 0.15) is 33.2 Å². The van der Waals surface area contributed by atoms with Crippen LogP contribution in [0.25, 0.3) is 22.3 Å². The van der Waals surface area contributed by atoms with Gasteiger partial charge in [-0.05, 0) is 72.5 Å². The lowest BCUT2D eigenvalue weighted by Gasteiger charge is -2.24. The molecule has 2 aromatic heterocycles. The van der Waals surface area contributed by atoms with Crippen molar-refractivity contribution in [3.63, 3.8) is 0 Å². The molecule has 5 aromatic rings. The Bertz CT molecular complexity index is 1700. The number of carbonyl (C=O) groups excluding carboxylic acids is 1. The van der Waals surface area contributed by atoms with Gasteiger partial charge in [0.05, 0.1) is 30.8 Å². The first-order valence-electron chi connectivity index (χ1n) is 12.9. The van der Waals surface area contributed by atoms with E-state index in [1.807, 2.05) is 36.4 Å². The quantitative estimate of drug-likeness (QED) is 0.279. The van der Waals surface area contributed by atoms with Gasteiger partial charge in [0, 0.05) is 23.9 Å². The van der Waals surface area contributed by atoms with E-state index in [0.717, 1.165) is 22.6 Å². The molecular formula is C30H27FN6O3. The molecule has 3 aromatic carbocycles. The van der Waals surface area contributed by atoms with Gasteiger partial charge >= 0.3 is 0 Å². The van der Waals surface area contributed by atoms with Gasteiger partial charge in [0.1, 0.15) is 22.8 Å². The van der Waals surface area contributed by atoms with E-state index in [-0.39, 0.29) is 23.3 Å². The van der Waals surface area contributed by atoms with Crippen molar-refractivity contribution in [3.8, 4) is 22.8 Å². The third-order valence-corrected chi connectivity index (χ3v) is 7.00. The van der Waals surface area contributed by atoms with Gasteiger partial charge < -0.3 is 25.5 Å². The van der Waals surface area contributed by atoms with Crippen LogP contribution in [0.4, 0.5) is 10.3 Å². The zero-order valence-corrected chi connectivity index (χ0v) is 21.8. The molecule has 0 bridgehead atoms. The van der Waals surface area contributed by atoms with Crippen molar-refractivity contribution in [3.05, 3.63) is 95.2 Å². The lowest BCUT2D eigenvalue weighted by atomic mass is 9.94. The summed E-state index contributed by atoms with van der Waals surface area (Å²) in [7, 11) is 1.63. The van der Waals surface area contributed by atoms with Crippen LogP contribution in [-0.2, 0) is 12.8 Å². The standard InChI is InChI=1S/C30H27FN6O3/c1-39-22-5-2-17(3-6-22)8-10-33-29(38)18-4-7-26-20(12-18)13-21(16-40-26)28-35-25-15-19(14-23(31)27(25)37-28)24-9-11-34-30(32)36-24/h2-7,9,11-12,14-15,21H,8,10,13,16H2,1H3,(H,33,38)(H,35,37)(H2,32,34,36). The number of fused-ring (bicyclic) bond motifs is 2. The summed E-state index contributed by atoms with van der Waals surface area (Å²) in [6.07, 6.45) is 2.84. The molecule has 3 heterocycles. The molecule has 0 radical (unpaired) electrons. The van der Waals surface area contributed by atoms with E-state index in [0.29, 0.717) is 54.2 Å².